The van der Waals surface area contributed by atoms with Gasteiger partial charge in [-0.05, 0) is 89.9 Å². The molecule has 2 unspecified atom stereocenters. The maximum absolute atomic E-state index is 12.4. The molecule has 6 heteroatoms. The second-order valence-corrected chi connectivity index (χ2v) is 20.7. The van der Waals surface area contributed by atoms with Crippen molar-refractivity contribution in [2.45, 2.75) is 328 Å². The average Bonchev–Trinajstić information content (AvgIpc) is 3.35. The number of nitrogens with one attached hydrogen (secondary N) is 1. The Labute approximate surface area is 429 Å². The molecule has 0 aromatic heterocycles. The quantitative estimate of drug-likeness (QED) is 0.0321. The predicted octanol–water partition coefficient (Wildman–Crippen LogP) is 19.0. The highest BCUT2D eigenvalue weighted by Gasteiger charge is 2.20. The smallest absolute Gasteiger partial charge is 0.305 e. The van der Waals surface area contributed by atoms with E-state index in [0.29, 0.717) is 25.9 Å². The molecule has 0 spiro atoms. The first-order valence-corrected chi connectivity index (χ1v) is 30.4. The fourth-order valence-corrected chi connectivity index (χ4v) is 9.17. The van der Waals surface area contributed by atoms with Gasteiger partial charge in [0.1, 0.15) is 0 Å². The van der Waals surface area contributed by atoms with E-state index in [9.17, 15) is 19.8 Å². The van der Waals surface area contributed by atoms with Crippen molar-refractivity contribution in [1.29, 1.82) is 0 Å². The van der Waals surface area contributed by atoms with Gasteiger partial charge in [0.2, 0.25) is 5.91 Å². The first kappa shape index (κ1) is 66.8. The van der Waals surface area contributed by atoms with Crippen LogP contribution in [0.5, 0.6) is 0 Å². The van der Waals surface area contributed by atoms with Gasteiger partial charge in [0.05, 0.1) is 25.4 Å². The summed E-state index contributed by atoms with van der Waals surface area (Å²) in [7, 11) is 0. The van der Waals surface area contributed by atoms with Gasteiger partial charge in [-0.2, -0.15) is 0 Å². The Hall–Kier alpha value is -2.18. The van der Waals surface area contributed by atoms with Gasteiger partial charge < -0.3 is 20.3 Å². The molecule has 0 fully saturated rings. The molecule has 0 bridgehead atoms. The van der Waals surface area contributed by atoms with Crippen LogP contribution < -0.4 is 5.32 Å². The third kappa shape index (κ3) is 55.0. The van der Waals surface area contributed by atoms with Gasteiger partial charge in [-0.15, -0.1) is 0 Å². The molecule has 3 N–H and O–H groups in total. The zero-order valence-corrected chi connectivity index (χ0v) is 46.0. The number of carbonyl (C=O) groups is 2. The third-order valence-electron chi connectivity index (χ3n) is 13.9. The van der Waals surface area contributed by atoms with Crippen LogP contribution in [-0.2, 0) is 14.3 Å². The standard InChI is InChI=1S/C63H117NO5/c1-3-5-7-9-11-13-15-16-17-18-27-30-33-37-41-45-49-53-57-63(68)69-58-54-50-46-42-38-34-31-28-25-23-21-19-20-22-24-26-29-32-36-40-44-48-52-56-62(67)64-60(59-65)61(66)55-51-47-43-39-35-14-12-10-8-6-4-2/h13,15,17-19,21-22,24,60-61,65-66H,3-12,14,16,20,23,25-59H2,1-2H3,(H,64,67)/b15-13-,18-17-,21-19-,24-22-. The molecule has 404 valence electrons. The van der Waals surface area contributed by atoms with E-state index in [1.54, 1.807) is 0 Å². The molecule has 0 rings (SSSR count). The molecule has 69 heavy (non-hydrogen) atoms. The van der Waals surface area contributed by atoms with Gasteiger partial charge >= 0.3 is 5.97 Å². The zero-order chi connectivity index (χ0) is 50.0. The second kappa shape index (κ2) is 58.4. The lowest BCUT2D eigenvalue weighted by Crippen LogP contribution is -2.45. The van der Waals surface area contributed by atoms with Crippen LogP contribution in [0.15, 0.2) is 48.6 Å². The number of aliphatic hydroxyl groups excluding tert-OH is 2. The summed E-state index contributed by atoms with van der Waals surface area (Å²) in [6.45, 7) is 4.92. The molecule has 0 heterocycles. The number of hydrogen-bond donors (Lipinski definition) is 3. The van der Waals surface area contributed by atoms with Crippen molar-refractivity contribution in [2.24, 2.45) is 0 Å². The fourth-order valence-electron chi connectivity index (χ4n) is 9.17. The first-order chi connectivity index (χ1) is 34.0. The van der Waals surface area contributed by atoms with Crippen molar-refractivity contribution >= 4 is 11.9 Å². The third-order valence-corrected chi connectivity index (χ3v) is 13.9. The van der Waals surface area contributed by atoms with Crippen LogP contribution in [0.2, 0.25) is 0 Å². The largest absolute Gasteiger partial charge is 0.466 e. The SMILES string of the molecule is CCCCCC/C=C\C/C=C\CCCCCCCCCC(=O)OCCCCCCCCCCC/C=C\C/C=C\CCCCCCCCCC(=O)NC(CO)C(O)CCCCCCCCCCCCC. The summed E-state index contributed by atoms with van der Waals surface area (Å²) in [4.78, 5) is 24.5. The summed E-state index contributed by atoms with van der Waals surface area (Å²) in [5.41, 5.74) is 0. The predicted molar refractivity (Wildman–Crippen MR) is 301 cm³/mol. The lowest BCUT2D eigenvalue weighted by atomic mass is 10.0. The normalized spacial score (nSPS) is 12.9. The van der Waals surface area contributed by atoms with Crippen LogP contribution in [0.3, 0.4) is 0 Å². The molecule has 0 aromatic rings. The lowest BCUT2D eigenvalue weighted by Gasteiger charge is -2.22. The van der Waals surface area contributed by atoms with Gasteiger partial charge in [-0.3, -0.25) is 9.59 Å². The van der Waals surface area contributed by atoms with E-state index in [2.05, 4.69) is 67.8 Å². The van der Waals surface area contributed by atoms with E-state index in [4.69, 9.17) is 4.74 Å². The maximum Gasteiger partial charge on any atom is 0.305 e. The Morgan fingerprint density at radius 1 is 0.406 bits per heavy atom. The van der Waals surface area contributed by atoms with E-state index in [0.717, 1.165) is 70.6 Å². The highest BCUT2D eigenvalue weighted by Crippen LogP contribution is 2.16. The second-order valence-electron chi connectivity index (χ2n) is 20.7. The molecular formula is C63H117NO5. The Bertz CT molecular complexity index is 1160. The molecule has 0 aromatic carbocycles. The fraction of sp³-hybridized carbons (Fsp3) is 0.841. The lowest BCUT2D eigenvalue weighted by molar-refractivity contribution is -0.143. The highest BCUT2D eigenvalue weighted by molar-refractivity contribution is 5.76. The molecule has 0 radical (unpaired) electrons. The van der Waals surface area contributed by atoms with Crippen LogP contribution in [0.1, 0.15) is 316 Å². The summed E-state index contributed by atoms with van der Waals surface area (Å²) in [5, 5.41) is 23.2. The summed E-state index contributed by atoms with van der Waals surface area (Å²) in [6, 6.07) is -0.549. The number of unbranched alkanes of at least 4 members (excludes halogenated alkanes) is 37. The Balaban J connectivity index is 3.43. The number of amides is 1. The Morgan fingerprint density at radius 3 is 1.12 bits per heavy atom. The molecule has 0 saturated heterocycles. The zero-order valence-electron chi connectivity index (χ0n) is 46.0. The number of aliphatic hydroxyl groups is 2. The van der Waals surface area contributed by atoms with E-state index in [1.807, 2.05) is 0 Å². The van der Waals surface area contributed by atoms with Crippen LogP contribution in [0, 0.1) is 0 Å². The van der Waals surface area contributed by atoms with Crippen LogP contribution in [-0.4, -0.2) is 47.4 Å². The number of hydrogen-bond acceptors (Lipinski definition) is 5. The highest BCUT2D eigenvalue weighted by atomic mass is 16.5. The van der Waals surface area contributed by atoms with Gasteiger partial charge in [-0.25, -0.2) is 0 Å². The van der Waals surface area contributed by atoms with Gasteiger partial charge in [0.15, 0.2) is 0 Å². The summed E-state index contributed by atoms with van der Waals surface area (Å²) < 4.78 is 5.48. The van der Waals surface area contributed by atoms with Gasteiger partial charge in [-0.1, -0.05) is 262 Å². The molecule has 0 aliphatic rings. The molecule has 0 saturated carbocycles. The topological polar surface area (TPSA) is 95.9 Å². The van der Waals surface area contributed by atoms with E-state index in [-0.39, 0.29) is 18.5 Å². The summed E-state index contributed by atoms with van der Waals surface area (Å²) in [5.74, 6) is -0.0475. The molecule has 0 aliphatic heterocycles. The van der Waals surface area contributed by atoms with Crippen molar-refractivity contribution in [3.63, 3.8) is 0 Å². The maximum atomic E-state index is 12.4. The number of esters is 1. The minimum atomic E-state index is -0.670. The van der Waals surface area contributed by atoms with Crippen molar-refractivity contribution in [3.05, 3.63) is 48.6 Å². The van der Waals surface area contributed by atoms with Crippen molar-refractivity contribution in [2.75, 3.05) is 13.2 Å². The van der Waals surface area contributed by atoms with Crippen molar-refractivity contribution in [1.82, 2.24) is 5.32 Å². The molecule has 1 amide bonds. The Morgan fingerprint density at radius 2 is 0.725 bits per heavy atom. The van der Waals surface area contributed by atoms with E-state index < -0.39 is 12.1 Å². The van der Waals surface area contributed by atoms with Crippen LogP contribution >= 0.6 is 0 Å². The summed E-state index contributed by atoms with van der Waals surface area (Å²) >= 11 is 0. The molecule has 2 atom stereocenters. The van der Waals surface area contributed by atoms with Crippen LogP contribution in [0.25, 0.3) is 0 Å². The van der Waals surface area contributed by atoms with Crippen molar-refractivity contribution in [3.8, 4) is 0 Å². The van der Waals surface area contributed by atoms with Crippen LogP contribution in [0.4, 0.5) is 0 Å². The van der Waals surface area contributed by atoms with Gasteiger partial charge in [0, 0.05) is 12.8 Å². The first-order valence-electron chi connectivity index (χ1n) is 30.4. The minimum absolute atomic E-state index is 0.000675. The molecule has 6 nitrogen and oxygen atoms in total. The minimum Gasteiger partial charge on any atom is -0.466 e. The Kier molecular flexibility index (Phi) is 56.5. The van der Waals surface area contributed by atoms with E-state index >= 15 is 0 Å². The van der Waals surface area contributed by atoms with Gasteiger partial charge in [0.25, 0.3) is 0 Å². The number of rotatable bonds is 56. The monoisotopic (exact) mass is 968 g/mol. The number of allylic oxidation sites excluding steroid dienone is 8. The average molecular weight is 969 g/mol. The summed E-state index contributed by atoms with van der Waals surface area (Å²) in [6.07, 6.45) is 74.0. The number of ether oxygens (including phenoxy) is 1. The van der Waals surface area contributed by atoms with E-state index in [1.165, 1.54) is 212 Å². The molecule has 0 aliphatic carbocycles. The molecular weight excluding hydrogens is 851 g/mol. The van der Waals surface area contributed by atoms with Crippen molar-refractivity contribution < 1.29 is 24.5 Å². The number of carbonyl (C=O) groups excluding carboxylic acids is 2.